The number of nitrogens with zero attached hydrogens (tertiary/aromatic N) is 1. The van der Waals surface area contributed by atoms with Gasteiger partial charge in [-0.25, -0.2) is 4.79 Å². The molecule has 0 aliphatic heterocycles. The summed E-state index contributed by atoms with van der Waals surface area (Å²) in [5.74, 6) is -1.29. The van der Waals surface area contributed by atoms with Crippen LogP contribution in [-0.2, 0) is 9.53 Å². The predicted molar refractivity (Wildman–Crippen MR) is 68.5 cm³/mol. The monoisotopic (exact) mass is 260 g/mol. The van der Waals surface area contributed by atoms with Crippen molar-refractivity contribution in [1.82, 2.24) is 10.2 Å². The molecule has 0 aromatic heterocycles. The lowest BCUT2D eigenvalue weighted by atomic mass is 10.1. The maximum atomic E-state index is 11.9. The van der Waals surface area contributed by atoms with E-state index in [-0.39, 0.29) is 12.1 Å². The lowest BCUT2D eigenvalue weighted by Crippen LogP contribution is -2.46. The van der Waals surface area contributed by atoms with Crippen molar-refractivity contribution in [1.29, 1.82) is 0 Å². The summed E-state index contributed by atoms with van der Waals surface area (Å²) in [5, 5.41) is 11.4. The van der Waals surface area contributed by atoms with Crippen molar-refractivity contribution in [2.75, 3.05) is 26.8 Å². The van der Waals surface area contributed by atoms with Gasteiger partial charge in [0.25, 0.3) is 0 Å². The summed E-state index contributed by atoms with van der Waals surface area (Å²) in [6.07, 6.45) is 0.428. The highest BCUT2D eigenvalue weighted by Crippen LogP contribution is 2.02. The number of amides is 2. The number of aliphatic carboxylic acids is 1. The van der Waals surface area contributed by atoms with Crippen LogP contribution in [0.15, 0.2) is 0 Å². The fraction of sp³-hybridized carbons (Fsp3) is 0.833. The van der Waals surface area contributed by atoms with Crippen molar-refractivity contribution >= 4 is 12.0 Å². The van der Waals surface area contributed by atoms with Crippen LogP contribution in [0.1, 0.15) is 27.2 Å². The van der Waals surface area contributed by atoms with E-state index in [1.165, 1.54) is 0 Å². The van der Waals surface area contributed by atoms with E-state index in [9.17, 15) is 9.59 Å². The van der Waals surface area contributed by atoms with E-state index in [1.54, 1.807) is 18.9 Å². The Morgan fingerprint density at radius 1 is 1.33 bits per heavy atom. The minimum absolute atomic E-state index is 0.0806. The SMILES string of the molecule is COCCN(C(=O)NCCC(C)C(=O)O)C(C)C. The third-order valence-corrected chi connectivity index (χ3v) is 2.70. The first-order chi connectivity index (χ1) is 8.40. The summed E-state index contributed by atoms with van der Waals surface area (Å²) in [6, 6.07) is -0.100. The van der Waals surface area contributed by atoms with Crippen LogP contribution in [0, 0.1) is 5.92 Å². The van der Waals surface area contributed by atoms with Crippen LogP contribution in [-0.4, -0.2) is 54.9 Å². The molecule has 0 bridgehead atoms. The Hall–Kier alpha value is -1.30. The molecule has 0 saturated carbocycles. The molecule has 0 saturated heterocycles. The molecule has 0 aromatic rings. The molecule has 0 spiro atoms. The van der Waals surface area contributed by atoms with Gasteiger partial charge in [0, 0.05) is 26.2 Å². The quantitative estimate of drug-likeness (QED) is 0.686. The van der Waals surface area contributed by atoms with Gasteiger partial charge in [-0.2, -0.15) is 0 Å². The highest BCUT2D eigenvalue weighted by Gasteiger charge is 2.17. The van der Waals surface area contributed by atoms with Crippen molar-refractivity contribution < 1.29 is 19.4 Å². The summed E-state index contributed by atoms with van der Waals surface area (Å²) < 4.78 is 4.95. The van der Waals surface area contributed by atoms with E-state index in [0.29, 0.717) is 26.1 Å². The average molecular weight is 260 g/mol. The van der Waals surface area contributed by atoms with E-state index in [1.807, 2.05) is 13.8 Å². The van der Waals surface area contributed by atoms with Crippen LogP contribution in [0.2, 0.25) is 0 Å². The number of hydrogen-bond acceptors (Lipinski definition) is 3. The lowest BCUT2D eigenvalue weighted by molar-refractivity contribution is -0.141. The second kappa shape index (κ2) is 8.74. The smallest absolute Gasteiger partial charge is 0.317 e. The van der Waals surface area contributed by atoms with Crippen molar-refractivity contribution in [2.24, 2.45) is 5.92 Å². The van der Waals surface area contributed by atoms with E-state index < -0.39 is 11.9 Å². The first kappa shape index (κ1) is 16.7. The molecule has 6 heteroatoms. The molecule has 0 fully saturated rings. The van der Waals surface area contributed by atoms with Crippen molar-refractivity contribution in [2.45, 2.75) is 33.2 Å². The van der Waals surface area contributed by atoms with Gasteiger partial charge in [-0.15, -0.1) is 0 Å². The predicted octanol–water partition coefficient (Wildman–Crippen LogP) is 1.16. The molecule has 1 atom stereocenters. The zero-order valence-electron chi connectivity index (χ0n) is 11.6. The van der Waals surface area contributed by atoms with E-state index in [2.05, 4.69) is 5.32 Å². The fourth-order valence-electron chi connectivity index (χ4n) is 1.40. The average Bonchev–Trinajstić information content (AvgIpc) is 2.28. The molecule has 6 nitrogen and oxygen atoms in total. The van der Waals surface area contributed by atoms with Gasteiger partial charge in [-0.3, -0.25) is 4.79 Å². The number of methoxy groups -OCH3 is 1. The van der Waals surface area contributed by atoms with Gasteiger partial charge in [-0.05, 0) is 20.3 Å². The molecule has 0 aliphatic carbocycles. The molecule has 106 valence electrons. The highest BCUT2D eigenvalue weighted by molar-refractivity contribution is 5.74. The minimum atomic E-state index is -0.843. The summed E-state index contributed by atoms with van der Waals surface area (Å²) in [5.41, 5.74) is 0. The maximum Gasteiger partial charge on any atom is 0.317 e. The van der Waals surface area contributed by atoms with Gasteiger partial charge in [0.1, 0.15) is 0 Å². The highest BCUT2D eigenvalue weighted by atomic mass is 16.5. The molecular weight excluding hydrogens is 236 g/mol. The summed E-state index contributed by atoms with van der Waals surface area (Å²) in [7, 11) is 1.59. The standard InChI is InChI=1S/C12H24N2O4/c1-9(2)14(7-8-18-4)12(17)13-6-5-10(3)11(15)16/h9-10H,5-8H2,1-4H3,(H,13,17)(H,15,16). The molecular formula is C12H24N2O4. The van der Waals surface area contributed by atoms with Crippen LogP contribution >= 0.6 is 0 Å². The molecule has 18 heavy (non-hydrogen) atoms. The third-order valence-electron chi connectivity index (χ3n) is 2.70. The number of rotatable bonds is 8. The summed E-state index contributed by atoms with van der Waals surface area (Å²) in [6.45, 7) is 6.85. The molecule has 0 aromatic carbocycles. The summed E-state index contributed by atoms with van der Waals surface area (Å²) >= 11 is 0. The fourth-order valence-corrected chi connectivity index (χ4v) is 1.40. The van der Waals surface area contributed by atoms with Gasteiger partial charge in [0.05, 0.1) is 12.5 Å². The topological polar surface area (TPSA) is 78.9 Å². The molecule has 1 unspecified atom stereocenters. The van der Waals surface area contributed by atoms with Gasteiger partial charge in [0.15, 0.2) is 0 Å². The molecule has 0 radical (unpaired) electrons. The number of carboxylic acid groups (broad SMARTS) is 1. The van der Waals surface area contributed by atoms with Gasteiger partial charge >= 0.3 is 12.0 Å². The number of hydrogen-bond donors (Lipinski definition) is 2. The Labute approximate surface area is 108 Å². The minimum Gasteiger partial charge on any atom is -0.481 e. The molecule has 0 aliphatic rings. The van der Waals surface area contributed by atoms with Crippen LogP contribution in [0.3, 0.4) is 0 Å². The van der Waals surface area contributed by atoms with Gasteiger partial charge < -0.3 is 20.1 Å². The van der Waals surface area contributed by atoms with Crippen molar-refractivity contribution in [3.05, 3.63) is 0 Å². The van der Waals surface area contributed by atoms with Crippen LogP contribution in [0.5, 0.6) is 0 Å². The molecule has 2 amide bonds. The van der Waals surface area contributed by atoms with E-state index in [0.717, 1.165) is 0 Å². The number of urea groups is 1. The molecule has 2 N–H and O–H groups in total. The second-order valence-corrected chi connectivity index (χ2v) is 4.54. The molecule has 0 heterocycles. The number of carbonyl (C=O) groups excluding carboxylic acids is 1. The summed E-state index contributed by atoms with van der Waals surface area (Å²) in [4.78, 5) is 24.1. The Bertz CT molecular complexity index is 269. The Morgan fingerprint density at radius 2 is 1.94 bits per heavy atom. The molecule has 0 rings (SSSR count). The number of carbonyl (C=O) groups is 2. The normalized spacial score (nSPS) is 12.3. The van der Waals surface area contributed by atoms with Crippen LogP contribution < -0.4 is 5.32 Å². The zero-order chi connectivity index (χ0) is 14.1. The van der Waals surface area contributed by atoms with E-state index in [4.69, 9.17) is 9.84 Å². The van der Waals surface area contributed by atoms with Crippen molar-refractivity contribution in [3.8, 4) is 0 Å². The third kappa shape index (κ3) is 6.44. The first-order valence-electron chi connectivity index (χ1n) is 6.16. The number of ether oxygens (including phenoxy) is 1. The number of carboxylic acids is 1. The van der Waals surface area contributed by atoms with Crippen LogP contribution in [0.25, 0.3) is 0 Å². The maximum absolute atomic E-state index is 11.9. The van der Waals surface area contributed by atoms with Crippen molar-refractivity contribution in [3.63, 3.8) is 0 Å². The first-order valence-corrected chi connectivity index (χ1v) is 6.16. The van der Waals surface area contributed by atoms with Crippen LogP contribution in [0.4, 0.5) is 4.79 Å². The Morgan fingerprint density at radius 3 is 2.39 bits per heavy atom. The second-order valence-electron chi connectivity index (χ2n) is 4.54. The van der Waals surface area contributed by atoms with Gasteiger partial charge in [-0.1, -0.05) is 6.92 Å². The largest absolute Gasteiger partial charge is 0.481 e. The van der Waals surface area contributed by atoms with Gasteiger partial charge in [0.2, 0.25) is 0 Å². The van der Waals surface area contributed by atoms with E-state index >= 15 is 0 Å². The Balaban J connectivity index is 4.06. The zero-order valence-corrected chi connectivity index (χ0v) is 11.6. The lowest BCUT2D eigenvalue weighted by Gasteiger charge is -2.26. The number of nitrogens with one attached hydrogen (secondary N) is 1. The Kier molecular flexibility index (Phi) is 8.11.